The van der Waals surface area contributed by atoms with E-state index in [0.717, 1.165) is 21.7 Å². The highest BCUT2D eigenvalue weighted by molar-refractivity contribution is 7.10. The molecule has 0 saturated heterocycles. The number of esters is 1. The zero-order valence-corrected chi connectivity index (χ0v) is 17.6. The van der Waals surface area contributed by atoms with Crippen LogP contribution in [0.4, 0.5) is 5.69 Å². The molecule has 152 valence electrons. The van der Waals surface area contributed by atoms with Crippen LogP contribution in [0.3, 0.4) is 0 Å². The minimum atomic E-state index is -0.392. The maximum absolute atomic E-state index is 12.2. The van der Waals surface area contributed by atoms with Gasteiger partial charge in [-0.3, -0.25) is 4.79 Å². The molecule has 0 radical (unpaired) electrons. The summed E-state index contributed by atoms with van der Waals surface area (Å²) in [6, 6.07) is 18.5. The van der Waals surface area contributed by atoms with Crippen molar-refractivity contribution in [2.75, 3.05) is 19.0 Å². The van der Waals surface area contributed by atoms with E-state index in [2.05, 4.69) is 22.5 Å². The smallest absolute Gasteiger partial charge is 0.337 e. The maximum Gasteiger partial charge on any atom is 0.337 e. The van der Waals surface area contributed by atoms with Gasteiger partial charge in [0.05, 0.1) is 25.3 Å². The zero-order chi connectivity index (χ0) is 21.3. The summed E-state index contributed by atoms with van der Waals surface area (Å²) in [5.74, 6) is 5.66. The lowest BCUT2D eigenvalue weighted by Gasteiger charge is -2.13. The first-order valence-electron chi connectivity index (χ1n) is 9.42. The topological polar surface area (TPSA) is 67.4 Å². The Morgan fingerprint density at radius 1 is 1.03 bits per heavy atom. The Morgan fingerprint density at radius 2 is 1.77 bits per heavy atom. The molecule has 0 fully saturated rings. The molecule has 1 amide bonds. The Kier molecular flexibility index (Phi) is 7.25. The molecule has 3 aromatic rings. The van der Waals surface area contributed by atoms with Crippen LogP contribution in [-0.2, 0) is 9.53 Å². The van der Waals surface area contributed by atoms with Gasteiger partial charge in [-0.15, -0.1) is 11.3 Å². The molecule has 0 bridgehead atoms. The first-order chi connectivity index (χ1) is 14.5. The summed E-state index contributed by atoms with van der Waals surface area (Å²) in [4.78, 5) is 25.0. The molecular weight excluding hydrogens is 396 g/mol. The first kappa shape index (κ1) is 21.2. The highest BCUT2D eigenvalue weighted by Gasteiger charge is 2.10. The van der Waals surface area contributed by atoms with Crippen molar-refractivity contribution in [2.45, 2.75) is 13.0 Å². The lowest BCUT2D eigenvalue weighted by atomic mass is 10.1. The molecule has 0 saturated carbocycles. The van der Waals surface area contributed by atoms with Crippen molar-refractivity contribution in [3.8, 4) is 11.8 Å². The number of carbonyl (C=O) groups excluding carboxylic acids is 2. The second kappa shape index (κ2) is 10.3. The van der Waals surface area contributed by atoms with Gasteiger partial charge in [0.1, 0.15) is 0 Å². The molecule has 0 aliphatic heterocycles. The van der Waals surface area contributed by atoms with Gasteiger partial charge < -0.3 is 15.4 Å². The van der Waals surface area contributed by atoms with Crippen LogP contribution in [0.25, 0.3) is 0 Å². The van der Waals surface area contributed by atoms with Crippen molar-refractivity contribution in [3.05, 3.63) is 87.6 Å². The summed E-state index contributed by atoms with van der Waals surface area (Å²) in [7, 11) is 1.35. The molecule has 6 heteroatoms. The summed E-state index contributed by atoms with van der Waals surface area (Å²) < 4.78 is 4.73. The van der Waals surface area contributed by atoms with Gasteiger partial charge in [-0.1, -0.05) is 30.0 Å². The van der Waals surface area contributed by atoms with Crippen molar-refractivity contribution >= 4 is 28.9 Å². The Balaban J connectivity index is 1.60. The monoisotopic (exact) mass is 418 g/mol. The van der Waals surface area contributed by atoms with Crippen LogP contribution < -0.4 is 10.6 Å². The van der Waals surface area contributed by atoms with Gasteiger partial charge in [0, 0.05) is 21.7 Å². The van der Waals surface area contributed by atoms with Crippen molar-refractivity contribution < 1.29 is 14.3 Å². The van der Waals surface area contributed by atoms with Crippen LogP contribution in [0.15, 0.2) is 66.0 Å². The van der Waals surface area contributed by atoms with Crippen LogP contribution in [-0.4, -0.2) is 25.5 Å². The van der Waals surface area contributed by atoms with Gasteiger partial charge >= 0.3 is 5.97 Å². The summed E-state index contributed by atoms with van der Waals surface area (Å²) in [5.41, 5.74) is 2.79. The Bertz CT molecular complexity index is 1080. The van der Waals surface area contributed by atoms with Gasteiger partial charge in [-0.25, -0.2) is 4.79 Å². The van der Waals surface area contributed by atoms with E-state index < -0.39 is 5.97 Å². The van der Waals surface area contributed by atoms with E-state index in [9.17, 15) is 9.59 Å². The van der Waals surface area contributed by atoms with E-state index >= 15 is 0 Å². The summed E-state index contributed by atoms with van der Waals surface area (Å²) >= 11 is 1.62. The van der Waals surface area contributed by atoms with Crippen LogP contribution in [0.5, 0.6) is 0 Å². The fourth-order valence-corrected chi connectivity index (χ4v) is 3.51. The Hall–Kier alpha value is -3.56. The SMILES string of the molecule is COC(=O)c1cccc(C#Cc2cccc(NCC(=O)NC(C)c3cccs3)c2)c1. The molecular formula is C24H22N2O3S. The van der Waals surface area contributed by atoms with E-state index in [1.807, 2.05) is 54.8 Å². The van der Waals surface area contributed by atoms with E-state index in [1.54, 1.807) is 29.5 Å². The van der Waals surface area contributed by atoms with Crippen LogP contribution >= 0.6 is 11.3 Å². The number of anilines is 1. The van der Waals surface area contributed by atoms with Crippen LogP contribution in [0, 0.1) is 11.8 Å². The van der Waals surface area contributed by atoms with E-state index in [1.165, 1.54) is 7.11 Å². The lowest BCUT2D eigenvalue weighted by molar-refractivity contribution is -0.120. The van der Waals surface area contributed by atoms with Gasteiger partial charge in [-0.05, 0) is 54.8 Å². The molecule has 2 N–H and O–H groups in total. The molecule has 30 heavy (non-hydrogen) atoms. The number of nitrogens with one attached hydrogen (secondary N) is 2. The summed E-state index contributed by atoms with van der Waals surface area (Å²) in [5, 5.41) is 8.10. The standard InChI is InChI=1S/C24H22N2O3S/c1-17(22-10-5-13-30-22)26-23(27)16-25-21-9-4-7-19(15-21)12-11-18-6-3-8-20(14-18)24(28)29-2/h3-10,13-15,17,25H,16H2,1-2H3,(H,26,27). The predicted octanol–water partition coefficient (Wildman–Crippen LogP) is 4.22. The number of ether oxygens (including phenoxy) is 1. The first-order valence-corrected chi connectivity index (χ1v) is 10.3. The molecule has 5 nitrogen and oxygen atoms in total. The molecule has 3 rings (SSSR count). The molecule has 0 aliphatic carbocycles. The third kappa shape index (κ3) is 5.97. The number of amides is 1. The number of hydrogen-bond acceptors (Lipinski definition) is 5. The van der Waals surface area contributed by atoms with Crippen LogP contribution in [0.2, 0.25) is 0 Å². The molecule has 0 aliphatic rings. The minimum absolute atomic E-state index is 0.0164. The number of benzene rings is 2. The van der Waals surface area contributed by atoms with Crippen LogP contribution in [0.1, 0.15) is 39.3 Å². The van der Waals surface area contributed by atoms with Gasteiger partial charge in [-0.2, -0.15) is 0 Å². The van der Waals surface area contributed by atoms with E-state index in [0.29, 0.717) is 5.56 Å². The van der Waals surface area contributed by atoms with Gasteiger partial charge in [0.25, 0.3) is 0 Å². The number of hydrogen-bond donors (Lipinski definition) is 2. The van der Waals surface area contributed by atoms with Crippen molar-refractivity contribution in [3.63, 3.8) is 0 Å². The highest BCUT2D eigenvalue weighted by Crippen LogP contribution is 2.18. The summed E-state index contributed by atoms with van der Waals surface area (Å²) in [6.45, 7) is 2.14. The quantitative estimate of drug-likeness (QED) is 0.465. The predicted molar refractivity (Wildman–Crippen MR) is 120 cm³/mol. The molecule has 2 aromatic carbocycles. The fraction of sp³-hybridized carbons (Fsp3) is 0.167. The Morgan fingerprint density at radius 3 is 2.47 bits per heavy atom. The van der Waals surface area contributed by atoms with Crippen molar-refractivity contribution in [1.29, 1.82) is 0 Å². The number of thiophene rings is 1. The maximum atomic E-state index is 12.2. The molecule has 1 atom stereocenters. The highest BCUT2D eigenvalue weighted by atomic mass is 32.1. The number of rotatable bonds is 6. The van der Waals surface area contributed by atoms with Gasteiger partial charge in [0.2, 0.25) is 5.91 Å². The molecule has 1 aromatic heterocycles. The molecule has 1 unspecified atom stereocenters. The third-order valence-electron chi connectivity index (χ3n) is 4.30. The fourth-order valence-electron chi connectivity index (χ4n) is 2.78. The third-order valence-corrected chi connectivity index (χ3v) is 5.35. The van der Waals surface area contributed by atoms with Crippen molar-refractivity contribution in [2.24, 2.45) is 0 Å². The van der Waals surface area contributed by atoms with E-state index in [-0.39, 0.29) is 18.5 Å². The lowest BCUT2D eigenvalue weighted by Crippen LogP contribution is -2.31. The zero-order valence-electron chi connectivity index (χ0n) is 16.8. The van der Waals surface area contributed by atoms with Gasteiger partial charge in [0.15, 0.2) is 0 Å². The van der Waals surface area contributed by atoms with Crippen molar-refractivity contribution in [1.82, 2.24) is 5.32 Å². The normalized spacial score (nSPS) is 11.0. The minimum Gasteiger partial charge on any atom is -0.465 e. The largest absolute Gasteiger partial charge is 0.465 e. The molecule has 0 spiro atoms. The second-order valence-corrected chi connectivity index (χ2v) is 7.54. The van der Waals surface area contributed by atoms with E-state index in [4.69, 9.17) is 4.74 Å². The number of carbonyl (C=O) groups is 2. The summed E-state index contributed by atoms with van der Waals surface area (Å²) in [6.07, 6.45) is 0. The number of methoxy groups -OCH3 is 1. The molecule has 1 heterocycles. The second-order valence-electron chi connectivity index (χ2n) is 6.56. The average Bonchev–Trinajstić information content (AvgIpc) is 3.31. The average molecular weight is 419 g/mol. The Labute approximate surface area is 180 Å².